The summed E-state index contributed by atoms with van der Waals surface area (Å²) in [5.41, 5.74) is 6.21. The smallest absolute Gasteiger partial charge is 0.300 e. The van der Waals surface area contributed by atoms with Crippen LogP contribution in [-0.2, 0) is 26.5 Å². The zero-order chi connectivity index (χ0) is 25.7. The number of benzene rings is 4. The van der Waals surface area contributed by atoms with E-state index in [4.69, 9.17) is 10.1 Å². The van der Waals surface area contributed by atoms with E-state index < -0.39 is 5.41 Å². The second-order valence-corrected chi connectivity index (χ2v) is 10.0. The Bertz CT molecular complexity index is 1960. The fourth-order valence-corrected chi connectivity index (χ4v) is 5.32. The van der Waals surface area contributed by atoms with Crippen molar-refractivity contribution in [3.05, 3.63) is 133 Å². The largest absolute Gasteiger partial charge is 2.00 e. The monoisotopic (exact) mass is 683 g/mol. The molecule has 0 spiro atoms. The van der Waals surface area contributed by atoms with Crippen molar-refractivity contribution in [1.82, 2.24) is 19.7 Å². The fraction of sp³-hybridized carbons (Fsp3) is 0.0882. The molecular weight excluding hydrogens is 659 g/mol. The molecule has 190 valence electrons. The van der Waals surface area contributed by atoms with Crippen LogP contribution >= 0.6 is 0 Å². The number of nitrogens with zero attached hydrogens (tertiary/aromatic N) is 4. The first-order valence-corrected chi connectivity index (χ1v) is 12.7. The molecule has 0 aliphatic carbocycles. The average molecular weight is 684 g/mol. The van der Waals surface area contributed by atoms with Gasteiger partial charge in [0, 0.05) is 11.1 Å². The van der Waals surface area contributed by atoms with Gasteiger partial charge >= 0.3 is 21.1 Å². The number of para-hydroxylation sites is 2. The van der Waals surface area contributed by atoms with Gasteiger partial charge in [-0.15, -0.1) is 40.6 Å². The Morgan fingerprint density at radius 2 is 1.46 bits per heavy atom. The number of rotatable bonds is 4. The molecule has 39 heavy (non-hydrogen) atoms. The number of aromatic nitrogens is 4. The first-order chi connectivity index (χ1) is 18.6. The van der Waals surface area contributed by atoms with Gasteiger partial charge in [-0.3, -0.25) is 9.67 Å². The molecule has 0 fully saturated rings. The summed E-state index contributed by atoms with van der Waals surface area (Å²) < 4.78 is 2.00. The topological polar surface area (TPSA) is 43.6 Å². The molecule has 4 aromatic carbocycles. The van der Waals surface area contributed by atoms with Crippen molar-refractivity contribution in [3.63, 3.8) is 0 Å². The van der Waals surface area contributed by atoms with E-state index in [1.54, 1.807) is 6.20 Å². The quantitative estimate of drug-likeness (QED) is 0.179. The molecule has 0 saturated heterocycles. The van der Waals surface area contributed by atoms with Gasteiger partial charge in [0.05, 0.1) is 16.6 Å². The van der Waals surface area contributed by atoms with Crippen LogP contribution in [0.4, 0.5) is 0 Å². The Kier molecular flexibility index (Phi) is 6.37. The summed E-state index contributed by atoms with van der Waals surface area (Å²) in [6.45, 7) is 4.39. The molecule has 7 rings (SSSR count). The molecule has 0 amide bonds. The van der Waals surface area contributed by atoms with Gasteiger partial charge in [-0.2, -0.15) is 5.10 Å². The van der Waals surface area contributed by atoms with Crippen LogP contribution in [0.25, 0.3) is 49.5 Å². The van der Waals surface area contributed by atoms with Crippen LogP contribution in [0.5, 0.6) is 0 Å². The summed E-state index contributed by atoms with van der Waals surface area (Å²) in [6, 6.07) is 41.9. The summed E-state index contributed by atoms with van der Waals surface area (Å²) >= 11 is 0. The third kappa shape index (κ3) is 4.16. The van der Waals surface area contributed by atoms with Gasteiger partial charge in [0.2, 0.25) is 0 Å². The minimum atomic E-state index is -0.464. The molecule has 7 aromatic rings. The molecule has 4 nitrogen and oxygen atoms in total. The zero-order valence-corrected chi connectivity index (χ0v) is 23.8. The second-order valence-electron chi connectivity index (χ2n) is 10.0. The Morgan fingerprint density at radius 1 is 0.718 bits per heavy atom. The molecule has 0 unspecified atom stereocenters. The fourth-order valence-electron chi connectivity index (χ4n) is 5.32. The Hall–Kier alpha value is -4.14. The van der Waals surface area contributed by atoms with E-state index in [0.29, 0.717) is 0 Å². The Balaban J connectivity index is 0.00000277. The maximum Gasteiger partial charge on any atom is 2.00 e. The minimum Gasteiger partial charge on any atom is -0.300 e. The summed E-state index contributed by atoms with van der Waals surface area (Å²) in [6.07, 6.45) is 1.73. The van der Waals surface area contributed by atoms with Crippen LogP contribution < -0.4 is 0 Å². The number of hydrogen-bond acceptors (Lipinski definition) is 3. The normalized spacial score (nSPS) is 11.6. The first-order valence-electron chi connectivity index (χ1n) is 12.7. The van der Waals surface area contributed by atoms with E-state index >= 15 is 0 Å². The van der Waals surface area contributed by atoms with Gasteiger partial charge < -0.3 is 4.98 Å². The Morgan fingerprint density at radius 3 is 2.33 bits per heavy atom. The van der Waals surface area contributed by atoms with E-state index in [-0.39, 0.29) is 21.1 Å². The number of fused-ring (bicyclic) bond motifs is 3. The van der Waals surface area contributed by atoms with Crippen molar-refractivity contribution in [3.8, 4) is 16.9 Å². The van der Waals surface area contributed by atoms with Crippen LogP contribution in [0.1, 0.15) is 25.2 Å². The molecule has 3 aromatic heterocycles. The number of pyridine rings is 2. The molecule has 0 aliphatic heterocycles. The molecule has 0 aliphatic rings. The maximum absolute atomic E-state index is 5.22. The second kappa shape index (κ2) is 9.87. The van der Waals surface area contributed by atoms with Gasteiger partial charge in [0.15, 0.2) is 0 Å². The van der Waals surface area contributed by atoms with Gasteiger partial charge in [-0.25, -0.2) is 6.07 Å². The third-order valence-electron chi connectivity index (χ3n) is 7.32. The molecule has 0 atom stereocenters. The molecule has 5 heteroatoms. The maximum atomic E-state index is 5.22. The van der Waals surface area contributed by atoms with Crippen molar-refractivity contribution in [2.24, 2.45) is 0 Å². The number of hydrogen-bond donors (Lipinski definition) is 0. The molecule has 0 bridgehead atoms. The van der Waals surface area contributed by atoms with Gasteiger partial charge in [0.25, 0.3) is 0 Å². The van der Waals surface area contributed by atoms with Crippen molar-refractivity contribution < 1.29 is 21.1 Å². The van der Waals surface area contributed by atoms with E-state index in [0.717, 1.165) is 55.5 Å². The minimum absolute atomic E-state index is 0. The summed E-state index contributed by atoms with van der Waals surface area (Å²) in [5, 5.41) is 9.65. The van der Waals surface area contributed by atoms with Crippen molar-refractivity contribution in [2.75, 3.05) is 0 Å². The van der Waals surface area contributed by atoms with Gasteiger partial charge in [-0.05, 0) is 37.2 Å². The third-order valence-corrected chi connectivity index (χ3v) is 7.32. The van der Waals surface area contributed by atoms with Crippen LogP contribution in [0.15, 0.2) is 109 Å². The van der Waals surface area contributed by atoms with Crippen molar-refractivity contribution in [2.45, 2.75) is 19.3 Å². The summed E-state index contributed by atoms with van der Waals surface area (Å²) in [5.74, 6) is 0. The van der Waals surface area contributed by atoms with Gasteiger partial charge in [0.1, 0.15) is 0 Å². The predicted octanol–water partition coefficient (Wildman–Crippen LogP) is 7.71. The van der Waals surface area contributed by atoms with Gasteiger partial charge in [-0.1, -0.05) is 90.1 Å². The van der Waals surface area contributed by atoms with Crippen molar-refractivity contribution in [1.29, 1.82) is 0 Å². The van der Waals surface area contributed by atoms with Crippen LogP contribution in [0, 0.1) is 12.1 Å². The zero-order valence-electron chi connectivity index (χ0n) is 21.5. The predicted molar refractivity (Wildman–Crippen MR) is 153 cm³/mol. The first kappa shape index (κ1) is 25.2. The standard InChI is InChI=1S/C34H24N4.Pt/c1-34(2,32-20-10-18-29(36-32)25-16-9-12-23-11-3-4-13-24(23)25)33-27-15-6-8-19-30(27)38(37-33)31-21-22-35-28-17-7-5-14-26(28)31;/h3-15,17-20,22H,1-2H3;/q-2;+2. The molecule has 0 radical (unpaired) electrons. The molecule has 0 saturated carbocycles. The van der Waals surface area contributed by atoms with E-state index in [1.807, 2.05) is 28.9 Å². The molecule has 3 heterocycles. The average Bonchev–Trinajstić information content (AvgIpc) is 3.37. The van der Waals surface area contributed by atoms with E-state index in [9.17, 15) is 0 Å². The van der Waals surface area contributed by atoms with E-state index in [1.165, 1.54) is 5.39 Å². The van der Waals surface area contributed by atoms with Crippen LogP contribution in [0.2, 0.25) is 0 Å². The van der Waals surface area contributed by atoms with Crippen LogP contribution in [0.3, 0.4) is 0 Å². The van der Waals surface area contributed by atoms with E-state index in [2.05, 4.69) is 110 Å². The summed E-state index contributed by atoms with van der Waals surface area (Å²) in [7, 11) is 0. The molecule has 0 N–H and O–H groups in total. The molecular formula is C34H24N4Pt. The van der Waals surface area contributed by atoms with Crippen molar-refractivity contribution >= 4 is 32.6 Å². The SMILES string of the molecule is CC(C)(c1cccc(-c2[c-]ccc3ccccc23)n1)c1nn(-c2[c-]cnc3ccccc23)c2ccccc12.[Pt+2]. The summed E-state index contributed by atoms with van der Waals surface area (Å²) in [4.78, 5) is 9.68. The van der Waals surface area contributed by atoms with Crippen LogP contribution in [-0.4, -0.2) is 19.7 Å². The Labute approximate surface area is 241 Å².